The van der Waals surface area contributed by atoms with Crippen LogP contribution in [0.3, 0.4) is 0 Å². The van der Waals surface area contributed by atoms with Crippen LogP contribution in [0.4, 0.5) is 4.39 Å². The van der Waals surface area contributed by atoms with Gasteiger partial charge >= 0.3 is 0 Å². The summed E-state index contributed by atoms with van der Waals surface area (Å²) in [6.45, 7) is 1.97. The lowest BCUT2D eigenvalue weighted by Gasteiger charge is -2.11. The topological polar surface area (TPSA) is 29.5 Å². The van der Waals surface area contributed by atoms with Gasteiger partial charge in [-0.3, -0.25) is 0 Å². The van der Waals surface area contributed by atoms with Crippen molar-refractivity contribution in [2.75, 3.05) is 11.9 Å². The molecule has 0 bridgehead atoms. The number of ether oxygens (including phenoxy) is 1. The monoisotopic (exact) mass is 262 g/mol. The number of rotatable bonds is 4. The van der Waals surface area contributed by atoms with E-state index in [9.17, 15) is 9.50 Å². The molecule has 1 atom stereocenters. The van der Waals surface area contributed by atoms with Gasteiger partial charge in [0, 0.05) is 5.33 Å². The van der Waals surface area contributed by atoms with Crippen LogP contribution < -0.4 is 4.74 Å². The molecule has 0 aromatic heterocycles. The van der Waals surface area contributed by atoms with Crippen molar-refractivity contribution in [2.24, 2.45) is 0 Å². The summed E-state index contributed by atoms with van der Waals surface area (Å²) in [6, 6.07) is 4.30. The van der Waals surface area contributed by atoms with Crippen LogP contribution in [0.5, 0.6) is 5.75 Å². The van der Waals surface area contributed by atoms with E-state index in [1.54, 1.807) is 13.0 Å². The molecule has 0 aliphatic heterocycles. The first-order valence-corrected chi connectivity index (χ1v) is 5.38. The lowest BCUT2D eigenvalue weighted by molar-refractivity contribution is 0.127. The second kappa shape index (κ2) is 5.32. The van der Waals surface area contributed by atoms with Crippen LogP contribution in [-0.4, -0.2) is 23.1 Å². The summed E-state index contributed by atoms with van der Waals surface area (Å²) in [5.41, 5.74) is 0.728. The Labute approximate surface area is 90.8 Å². The highest BCUT2D eigenvalue weighted by Gasteiger charge is 2.05. The number of alkyl halides is 1. The molecule has 0 radical (unpaired) electrons. The molecule has 0 aliphatic rings. The summed E-state index contributed by atoms with van der Waals surface area (Å²) in [5, 5.41) is 9.68. The van der Waals surface area contributed by atoms with E-state index in [-0.39, 0.29) is 12.4 Å². The predicted molar refractivity (Wildman–Crippen MR) is 56.4 cm³/mol. The quantitative estimate of drug-likeness (QED) is 0.844. The number of aryl methyl sites for hydroxylation is 1. The van der Waals surface area contributed by atoms with Crippen molar-refractivity contribution < 1.29 is 14.2 Å². The summed E-state index contributed by atoms with van der Waals surface area (Å²) >= 11 is 3.13. The lowest BCUT2D eigenvalue weighted by atomic mass is 10.2. The Kier molecular flexibility index (Phi) is 4.35. The van der Waals surface area contributed by atoms with Gasteiger partial charge in [-0.25, -0.2) is 4.39 Å². The third kappa shape index (κ3) is 3.27. The van der Waals surface area contributed by atoms with Gasteiger partial charge in [0.2, 0.25) is 0 Å². The second-order valence-electron chi connectivity index (χ2n) is 3.03. The molecule has 4 heteroatoms. The highest BCUT2D eigenvalue weighted by molar-refractivity contribution is 9.09. The lowest BCUT2D eigenvalue weighted by Crippen LogP contribution is -2.18. The van der Waals surface area contributed by atoms with Crippen LogP contribution in [0.15, 0.2) is 18.2 Å². The molecule has 1 aromatic rings. The van der Waals surface area contributed by atoms with Crippen LogP contribution in [-0.2, 0) is 0 Å². The molecule has 0 heterocycles. The van der Waals surface area contributed by atoms with Crippen LogP contribution in [0.2, 0.25) is 0 Å². The van der Waals surface area contributed by atoms with E-state index in [1.165, 1.54) is 12.1 Å². The van der Waals surface area contributed by atoms with Crippen LogP contribution in [0.25, 0.3) is 0 Å². The average molecular weight is 263 g/mol. The van der Waals surface area contributed by atoms with E-state index in [4.69, 9.17) is 4.74 Å². The maximum absolute atomic E-state index is 12.7. The van der Waals surface area contributed by atoms with Gasteiger partial charge in [-0.1, -0.05) is 15.9 Å². The molecule has 0 aliphatic carbocycles. The van der Waals surface area contributed by atoms with Crippen molar-refractivity contribution >= 4 is 15.9 Å². The summed E-state index contributed by atoms with van der Waals surface area (Å²) in [5.74, 6) is 0.322. The molecule has 0 saturated carbocycles. The van der Waals surface area contributed by atoms with Gasteiger partial charge < -0.3 is 9.84 Å². The highest BCUT2D eigenvalue weighted by atomic mass is 79.9. The first kappa shape index (κ1) is 11.5. The Bertz CT molecular complexity index is 304. The molecule has 1 rings (SSSR count). The molecule has 78 valence electrons. The van der Waals surface area contributed by atoms with Gasteiger partial charge in [-0.05, 0) is 30.7 Å². The fraction of sp³-hybridized carbons (Fsp3) is 0.400. The Hall–Kier alpha value is -0.610. The predicted octanol–water partition coefficient (Wildman–Crippen LogP) is 2.27. The molecule has 0 spiro atoms. The Morgan fingerprint density at radius 1 is 1.57 bits per heavy atom. The van der Waals surface area contributed by atoms with Gasteiger partial charge in [-0.15, -0.1) is 0 Å². The summed E-state index contributed by atoms with van der Waals surface area (Å²) in [6.07, 6.45) is -0.542. The van der Waals surface area contributed by atoms with Crippen molar-refractivity contribution in [1.82, 2.24) is 0 Å². The van der Waals surface area contributed by atoms with E-state index in [1.807, 2.05) is 0 Å². The van der Waals surface area contributed by atoms with Crippen molar-refractivity contribution in [3.8, 4) is 5.75 Å². The van der Waals surface area contributed by atoms with Gasteiger partial charge in [0.1, 0.15) is 18.2 Å². The minimum Gasteiger partial charge on any atom is -0.491 e. The number of hydrogen-bond acceptors (Lipinski definition) is 2. The maximum Gasteiger partial charge on any atom is 0.123 e. The largest absolute Gasteiger partial charge is 0.491 e. The fourth-order valence-corrected chi connectivity index (χ4v) is 1.19. The molecule has 0 amide bonds. The summed E-state index contributed by atoms with van der Waals surface area (Å²) < 4.78 is 18.0. The molecule has 0 saturated heterocycles. The van der Waals surface area contributed by atoms with E-state index in [0.29, 0.717) is 11.1 Å². The average Bonchev–Trinajstić information content (AvgIpc) is 2.16. The van der Waals surface area contributed by atoms with E-state index >= 15 is 0 Å². The zero-order valence-electron chi connectivity index (χ0n) is 7.84. The van der Waals surface area contributed by atoms with E-state index < -0.39 is 6.10 Å². The summed E-state index contributed by atoms with van der Waals surface area (Å²) in [7, 11) is 0. The van der Waals surface area contributed by atoms with Crippen LogP contribution in [0.1, 0.15) is 5.56 Å². The number of aliphatic hydroxyl groups is 1. The van der Waals surface area contributed by atoms with Gasteiger partial charge in [0.15, 0.2) is 0 Å². The first-order valence-electron chi connectivity index (χ1n) is 4.26. The molecule has 0 fully saturated rings. The van der Waals surface area contributed by atoms with E-state index in [2.05, 4.69) is 15.9 Å². The number of aliphatic hydroxyl groups excluding tert-OH is 1. The van der Waals surface area contributed by atoms with Crippen molar-refractivity contribution in [1.29, 1.82) is 0 Å². The zero-order chi connectivity index (χ0) is 10.6. The SMILES string of the molecule is Cc1cc(F)ccc1OCC(O)CBr. The van der Waals surface area contributed by atoms with Crippen molar-refractivity contribution in [3.63, 3.8) is 0 Å². The first-order chi connectivity index (χ1) is 6.63. The van der Waals surface area contributed by atoms with E-state index in [0.717, 1.165) is 5.56 Å². The molecule has 2 nitrogen and oxygen atoms in total. The van der Waals surface area contributed by atoms with Crippen LogP contribution in [0, 0.1) is 12.7 Å². The van der Waals surface area contributed by atoms with Crippen LogP contribution >= 0.6 is 15.9 Å². The molecular formula is C10H12BrFO2. The molecule has 14 heavy (non-hydrogen) atoms. The fourth-order valence-electron chi connectivity index (χ4n) is 1.01. The number of hydrogen-bond donors (Lipinski definition) is 1. The number of halogens is 2. The molecule has 1 unspecified atom stereocenters. The second-order valence-corrected chi connectivity index (χ2v) is 3.68. The third-order valence-electron chi connectivity index (χ3n) is 1.75. The Morgan fingerprint density at radius 2 is 2.29 bits per heavy atom. The smallest absolute Gasteiger partial charge is 0.123 e. The van der Waals surface area contributed by atoms with Gasteiger partial charge in [-0.2, -0.15) is 0 Å². The van der Waals surface area contributed by atoms with Crippen molar-refractivity contribution in [2.45, 2.75) is 13.0 Å². The maximum atomic E-state index is 12.7. The molecule has 1 N–H and O–H groups in total. The minimum absolute atomic E-state index is 0.206. The standard InChI is InChI=1S/C10H12BrFO2/c1-7-4-8(12)2-3-10(7)14-6-9(13)5-11/h2-4,9,13H,5-6H2,1H3. The zero-order valence-corrected chi connectivity index (χ0v) is 9.42. The molecular weight excluding hydrogens is 251 g/mol. The minimum atomic E-state index is -0.542. The Morgan fingerprint density at radius 3 is 2.86 bits per heavy atom. The van der Waals surface area contributed by atoms with Gasteiger partial charge in [0.25, 0.3) is 0 Å². The Balaban J connectivity index is 2.59. The summed E-state index contributed by atoms with van der Waals surface area (Å²) in [4.78, 5) is 0. The third-order valence-corrected chi connectivity index (χ3v) is 2.49. The highest BCUT2D eigenvalue weighted by Crippen LogP contribution is 2.18. The number of benzene rings is 1. The molecule has 1 aromatic carbocycles. The normalized spacial score (nSPS) is 12.6. The van der Waals surface area contributed by atoms with Gasteiger partial charge in [0.05, 0.1) is 6.10 Å². The van der Waals surface area contributed by atoms with Crippen molar-refractivity contribution in [3.05, 3.63) is 29.6 Å².